The van der Waals surface area contributed by atoms with Gasteiger partial charge in [0.15, 0.2) is 0 Å². The third-order valence-electron chi connectivity index (χ3n) is 4.12. The van der Waals surface area contributed by atoms with Crippen LogP contribution < -0.4 is 11.5 Å². The Hall–Kier alpha value is -0.660. The van der Waals surface area contributed by atoms with Crippen molar-refractivity contribution in [3.05, 3.63) is 11.4 Å². The second-order valence-electron chi connectivity index (χ2n) is 4.46. The fraction of sp³-hybridized carbons (Fsp3) is 0.846. The van der Waals surface area contributed by atoms with Crippen LogP contribution >= 0.6 is 0 Å². The number of allylic oxidation sites excluding steroid dienone is 1. The molecular formula is C13H28N2. The van der Waals surface area contributed by atoms with Crippen LogP contribution in [0, 0.1) is 11.3 Å². The Labute approximate surface area is 95.1 Å². The maximum atomic E-state index is 5.83. The maximum Gasteiger partial charge on any atom is 0.0931 e. The van der Waals surface area contributed by atoms with Crippen LogP contribution in [0.2, 0.25) is 0 Å². The summed E-state index contributed by atoms with van der Waals surface area (Å²) in [6.45, 7) is 11.2. The third-order valence-corrected chi connectivity index (χ3v) is 4.12. The molecule has 4 N–H and O–H groups in total. The lowest BCUT2D eigenvalue weighted by atomic mass is 9.65. The first kappa shape index (κ1) is 14.3. The molecule has 0 saturated carbocycles. The largest absolute Gasteiger partial charge is 0.386 e. The van der Waals surface area contributed by atoms with Crippen LogP contribution in [0.1, 0.15) is 60.3 Å². The molecule has 0 fully saturated rings. The summed E-state index contributed by atoms with van der Waals surface area (Å²) < 4.78 is 0. The predicted octanol–water partition coefficient (Wildman–Crippen LogP) is 3.38. The highest BCUT2D eigenvalue weighted by molar-refractivity contribution is 5.19. The van der Waals surface area contributed by atoms with Crippen molar-refractivity contribution in [3.8, 4) is 0 Å². The van der Waals surface area contributed by atoms with Gasteiger partial charge in [-0.3, -0.25) is 0 Å². The molecule has 0 bridgehead atoms. The highest BCUT2D eigenvalue weighted by Crippen LogP contribution is 2.45. The summed E-state index contributed by atoms with van der Waals surface area (Å²) in [6.07, 6.45) is 4.39. The van der Waals surface area contributed by atoms with Crippen molar-refractivity contribution in [2.75, 3.05) is 0 Å². The summed E-state index contributed by atoms with van der Waals surface area (Å²) in [5, 5.41) is 0. The molecule has 0 aromatic rings. The molecular weight excluding hydrogens is 184 g/mol. The monoisotopic (exact) mass is 212 g/mol. The Morgan fingerprint density at radius 3 is 1.73 bits per heavy atom. The minimum atomic E-state index is 0.211. The average Bonchev–Trinajstić information content (AvgIpc) is 2.24. The normalized spacial score (nSPS) is 13.7. The van der Waals surface area contributed by atoms with Crippen LogP contribution in [0.25, 0.3) is 0 Å². The van der Waals surface area contributed by atoms with E-state index in [2.05, 4.69) is 34.6 Å². The van der Waals surface area contributed by atoms with Crippen LogP contribution in [0.3, 0.4) is 0 Å². The number of hydrogen-bond acceptors (Lipinski definition) is 2. The van der Waals surface area contributed by atoms with Gasteiger partial charge in [-0.15, -0.1) is 0 Å². The maximum absolute atomic E-state index is 5.83. The molecule has 1 atom stereocenters. The summed E-state index contributed by atoms with van der Waals surface area (Å²) >= 11 is 0. The summed E-state index contributed by atoms with van der Waals surface area (Å²) in [4.78, 5) is 0. The van der Waals surface area contributed by atoms with Gasteiger partial charge in [-0.1, -0.05) is 41.0 Å². The zero-order chi connectivity index (χ0) is 12.1. The molecule has 90 valence electrons. The third kappa shape index (κ3) is 2.67. The minimum Gasteiger partial charge on any atom is -0.386 e. The molecule has 0 amide bonds. The Morgan fingerprint density at radius 1 is 1.07 bits per heavy atom. The quantitative estimate of drug-likeness (QED) is 0.709. The second kappa shape index (κ2) is 6.04. The van der Waals surface area contributed by atoms with Gasteiger partial charge in [0.2, 0.25) is 0 Å². The molecule has 0 heterocycles. The van der Waals surface area contributed by atoms with Crippen molar-refractivity contribution in [1.29, 1.82) is 0 Å². The van der Waals surface area contributed by atoms with Crippen molar-refractivity contribution in [2.45, 2.75) is 60.3 Å². The highest BCUT2D eigenvalue weighted by Gasteiger charge is 2.35. The molecule has 0 aliphatic carbocycles. The highest BCUT2D eigenvalue weighted by atomic mass is 14.8. The van der Waals surface area contributed by atoms with E-state index in [9.17, 15) is 0 Å². The molecule has 0 spiro atoms. The fourth-order valence-corrected chi connectivity index (χ4v) is 2.91. The number of nitrogens with two attached hydrogens (primary N) is 2. The molecule has 1 unspecified atom stereocenters. The van der Waals surface area contributed by atoms with E-state index in [1.165, 1.54) is 12.0 Å². The van der Waals surface area contributed by atoms with Crippen LogP contribution in [0.15, 0.2) is 11.4 Å². The van der Waals surface area contributed by atoms with Crippen LogP contribution in [0.4, 0.5) is 0 Å². The van der Waals surface area contributed by atoms with Gasteiger partial charge >= 0.3 is 0 Å². The number of hydrogen-bond donors (Lipinski definition) is 2. The smallest absolute Gasteiger partial charge is 0.0931 e. The predicted molar refractivity (Wildman–Crippen MR) is 68.2 cm³/mol. The Bertz CT molecular complexity index is 211. The van der Waals surface area contributed by atoms with Crippen LogP contribution in [0.5, 0.6) is 0 Å². The average molecular weight is 212 g/mol. The van der Waals surface area contributed by atoms with E-state index in [1.54, 1.807) is 0 Å². The van der Waals surface area contributed by atoms with Crippen molar-refractivity contribution in [3.63, 3.8) is 0 Å². The summed E-state index contributed by atoms with van der Waals surface area (Å²) in [7, 11) is 0. The molecule has 15 heavy (non-hydrogen) atoms. The molecule has 2 nitrogen and oxygen atoms in total. The Morgan fingerprint density at radius 2 is 1.53 bits per heavy atom. The summed E-state index contributed by atoms with van der Waals surface area (Å²) in [5.41, 5.74) is 13.1. The Balaban J connectivity index is 5.34. The molecule has 0 aliphatic heterocycles. The Kier molecular flexibility index (Phi) is 5.77. The van der Waals surface area contributed by atoms with Crippen molar-refractivity contribution in [1.82, 2.24) is 0 Å². The van der Waals surface area contributed by atoms with Crippen LogP contribution in [-0.4, -0.2) is 0 Å². The fourth-order valence-electron chi connectivity index (χ4n) is 2.91. The first-order chi connectivity index (χ1) is 6.99. The van der Waals surface area contributed by atoms with E-state index in [0.717, 1.165) is 19.3 Å². The number of rotatable bonds is 6. The molecule has 2 heteroatoms. The zero-order valence-electron chi connectivity index (χ0n) is 11.1. The second-order valence-corrected chi connectivity index (χ2v) is 4.46. The van der Waals surface area contributed by atoms with Gasteiger partial charge in [0.25, 0.3) is 0 Å². The molecule has 0 aliphatic rings. The van der Waals surface area contributed by atoms with Gasteiger partial charge < -0.3 is 11.5 Å². The van der Waals surface area contributed by atoms with Crippen molar-refractivity contribution in [2.24, 2.45) is 22.8 Å². The summed E-state index contributed by atoms with van der Waals surface area (Å²) in [6, 6.07) is 0. The van der Waals surface area contributed by atoms with Gasteiger partial charge in [-0.05, 0) is 36.2 Å². The lowest BCUT2D eigenvalue weighted by molar-refractivity contribution is 0.195. The SMILES string of the molecule is CCC(=C(N)N)C(CC)(CC)C(C)CC. The van der Waals surface area contributed by atoms with Gasteiger partial charge in [0, 0.05) is 0 Å². The van der Waals surface area contributed by atoms with E-state index in [-0.39, 0.29) is 5.41 Å². The molecule has 0 radical (unpaired) electrons. The van der Waals surface area contributed by atoms with E-state index in [1.807, 2.05) is 0 Å². The first-order valence-corrected chi connectivity index (χ1v) is 6.24. The van der Waals surface area contributed by atoms with Crippen LogP contribution in [-0.2, 0) is 0 Å². The van der Waals surface area contributed by atoms with Gasteiger partial charge in [0.05, 0.1) is 5.82 Å². The van der Waals surface area contributed by atoms with E-state index < -0.39 is 0 Å². The molecule has 0 aromatic heterocycles. The molecule has 0 saturated heterocycles. The van der Waals surface area contributed by atoms with E-state index >= 15 is 0 Å². The first-order valence-electron chi connectivity index (χ1n) is 6.24. The van der Waals surface area contributed by atoms with E-state index in [0.29, 0.717) is 11.7 Å². The summed E-state index contributed by atoms with van der Waals surface area (Å²) in [5.74, 6) is 1.19. The topological polar surface area (TPSA) is 52.0 Å². The zero-order valence-corrected chi connectivity index (χ0v) is 11.1. The van der Waals surface area contributed by atoms with Gasteiger partial charge in [0.1, 0.15) is 0 Å². The standard InChI is InChI=1S/C13H28N2/c1-6-10(5)13(8-3,9-4)11(7-2)12(14)15/h10H,6-9,14-15H2,1-5H3. The van der Waals surface area contributed by atoms with Crippen molar-refractivity contribution < 1.29 is 0 Å². The van der Waals surface area contributed by atoms with Crippen molar-refractivity contribution >= 4 is 0 Å². The minimum absolute atomic E-state index is 0.211. The molecule has 0 rings (SSSR count). The van der Waals surface area contributed by atoms with Gasteiger partial charge in [-0.25, -0.2) is 0 Å². The van der Waals surface area contributed by atoms with Gasteiger partial charge in [-0.2, -0.15) is 0 Å². The lowest BCUT2D eigenvalue weighted by Crippen LogP contribution is -2.33. The van der Waals surface area contributed by atoms with E-state index in [4.69, 9.17) is 11.5 Å². The lowest BCUT2D eigenvalue weighted by Gasteiger charge is -2.40. The molecule has 0 aromatic carbocycles.